The average Bonchev–Trinajstić information content (AvgIpc) is 3.27. The summed E-state index contributed by atoms with van der Waals surface area (Å²) in [4.78, 5) is 12.2. The SMILES string of the molecule is Cc1ccc([C@@H]2C[C@H]2C(=O)NNC(=S)Nc2cn(C)nc2C)cc1. The molecular formula is C17H21N5OS. The number of carbonyl (C=O) groups is 1. The molecule has 1 aromatic heterocycles. The first-order chi connectivity index (χ1) is 11.4. The van der Waals surface area contributed by atoms with Crippen molar-refractivity contribution in [3.8, 4) is 0 Å². The number of benzene rings is 1. The molecule has 1 heterocycles. The summed E-state index contributed by atoms with van der Waals surface area (Å²) in [5.74, 6) is 0.269. The summed E-state index contributed by atoms with van der Waals surface area (Å²) >= 11 is 5.19. The number of hydrogen-bond acceptors (Lipinski definition) is 3. The van der Waals surface area contributed by atoms with E-state index in [1.54, 1.807) is 4.68 Å². The predicted molar refractivity (Wildman–Crippen MR) is 97.5 cm³/mol. The maximum atomic E-state index is 12.2. The van der Waals surface area contributed by atoms with Crippen LogP contribution in [0.2, 0.25) is 0 Å². The molecule has 7 heteroatoms. The third-order valence-electron chi connectivity index (χ3n) is 4.19. The fourth-order valence-electron chi connectivity index (χ4n) is 2.75. The molecule has 1 saturated carbocycles. The van der Waals surface area contributed by atoms with Crippen LogP contribution >= 0.6 is 12.2 Å². The van der Waals surface area contributed by atoms with Crippen LogP contribution in [0.25, 0.3) is 0 Å². The molecule has 3 rings (SSSR count). The van der Waals surface area contributed by atoms with Crippen LogP contribution in [0.4, 0.5) is 5.69 Å². The number of rotatable bonds is 3. The van der Waals surface area contributed by atoms with Crippen LogP contribution in [-0.4, -0.2) is 20.8 Å². The summed E-state index contributed by atoms with van der Waals surface area (Å²) in [5.41, 5.74) is 9.53. The minimum atomic E-state index is -0.0346. The van der Waals surface area contributed by atoms with E-state index < -0.39 is 0 Å². The summed E-state index contributed by atoms with van der Waals surface area (Å²) in [5, 5.41) is 7.58. The van der Waals surface area contributed by atoms with Crippen molar-refractivity contribution in [2.24, 2.45) is 13.0 Å². The molecule has 0 spiro atoms. The first-order valence-electron chi connectivity index (χ1n) is 7.87. The molecule has 1 aliphatic carbocycles. The molecule has 1 fully saturated rings. The van der Waals surface area contributed by atoms with Gasteiger partial charge in [-0.05, 0) is 44.0 Å². The van der Waals surface area contributed by atoms with Crippen LogP contribution in [0.15, 0.2) is 30.5 Å². The van der Waals surface area contributed by atoms with Gasteiger partial charge in [-0.1, -0.05) is 29.8 Å². The second-order valence-electron chi connectivity index (χ2n) is 6.23. The van der Waals surface area contributed by atoms with Crippen LogP contribution < -0.4 is 16.2 Å². The normalized spacial score (nSPS) is 18.8. The molecule has 0 aliphatic heterocycles. The quantitative estimate of drug-likeness (QED) is 0.588. The van der Waals surface area contributed by atoms with Gasteiger partial charge >= 0.3 is 0 Å². The molecule has 1 amide bonds. The van der Waals surface area contributed by atoms with Crippen LogP contribution in [-0.2, 0) is 11.8 Å². The van der Waals surface area contributed by atoms with Crippen molar-refractivity contribution >= 4 is 28.9 Å². The smallest absolute Gasteiger partial charge is 0.242 e. The second kappa shape index (κ2) is 6.60. The van der Waals surface area contributed by atoms with Crippen LogP contribution in [0.5, 0.6) is 0 Å². The van der Waals surface area contributed by atoms with Gasteiger partial charge in [0.05, 0.1) is 11.4 Å². The largest absolute Gasteiger partial charge is 0.329 e. The minimum Gasteiger partial charge on any atom is -0.329 e. The van der Waals surface area contributed by atoms with Gasteiger partial charge in [0, 0.05) is 19.2 Å². The Balaban J connectivity index is 1.47. The molecule has 1 aromatic carbocycles. The van der Waals surface area contributed by atoms with Crippen LogP contribution in [0.3, 0.4) is 0 Å². The van der Waals surface area contributed by atoms with E-state index in [2.05, 4.69) is 52.5 Å². The lowest BCUT2D eigenvalue weighted by molar-refractivity contribution is -0.122. The van der Waals surface area contributed by atoms with Gasteiger partial charge in [0.2, 0.25) is 5.91 Å². The highest BCUT2D eigenvalue weighted by Gasteiger charge is 2.43. The van der Waals surface area contributed by atoms with Gasteiger partial charge in [0.25, 0.3) is 0 Å². The number of hydrogen-bond donors (Lipinski definition) is 3. The molecule has 1 aliphatic rings. The van der Waals surface area contributed by atoms with E-state index in [1.807, 2.05) is 20.2 Å². The highest BCUT2D eigenvalue weighted by atomic mass is 32.1. The molecule has 6 nitrogen and oxygen atoms in total. The molecule has 0 unspecified atom stereocenters. The van der Waals surface area contributed by atoms with Crippen molar-refractivity contribution in [3.63, 3.8) is 0 Å². The van der Waals surface area contributed by atoms with Gasteiger partial charge in [-0.25, -0.2) is 0 Å². The molecule has 24 heavy (non-hydrogen) atoms. The molecule has 0 saturated heterocycles. The first kappa shape index (κ1) is 16.4. The molecule has 3 N–H and O–H groups in total. The van der Waals surface area contributed by atoms with Crippen molar-refractivity contribution in [2.75, 3.05) is 5.32 Å². The lowest BCUT2D eigenvalue weighted by atomic mass is 10.1. The fraction of sp³-hybridized carbons (Fsp3) is 0.353. The number of aryl methyl sites for hydroxylation is 3. The highest BCUT2D eigenvalue weighted by molar-refractivity contribution is 7.80. The standard InChI is InChI=1S/C17H21N5OS/c1-10-4-6-12(7-5-10)13-8-14(13)16(23)19-20-17(24)18-15-9-22(3)21-11(15)2/h4-7,9,13-14H,8H2,1-3H3,(H,19,23)(H2,18,20,24)/t13-,14+/m0/s1. The van der Waals surface area contributed by atoms with Crippen LogP contribution in [0, 0.1) is 19.8 Å². The summed E-state index contributed by atoms with van der Waals surface area (Å²) < 4.78 is 1.70. The number of carbonyl (C=O) groups excluding carboxylic acids is 1. The van der Waals surface area contributed by atoms with E-state index in [0.717, 1.165) is 17.8 Å². The van der Waals surface area contributed by atoms with E-state index in [1.165, 1.54) is 11.1 Å². The lowest BCUT2D eigenvalue weighted by Gasteiger charge is -2.11. The summed E-state index contributed by atoms with van der Waals surface area (Å²) in [7, 11) is 1.84. The summed E-state index contributed by atoms with van der Waals surface area (Å²) in [6, 6.07) is 8.35. The average molecular weight is 343 g/mol. The summed E-state index contributed by atoms with van der Waals surface area (Å²) in [6.07, 6.45) is 2.71. The van der Waals surface area contributed by atoms with E-state index in [-0.39, 0.29) is 11.8 Å². The number of nitrogens with zero attached hydrogens (tertiary/aromatic N) is 2. The van der Waals surface area contributed by atoms with Crippen molar-refractivity contribution in [3.05, 3.63) is 47.3 Å². The topological polar surface area (TPSA) is 71.0 Å². The van der Waals surface area contributed by atoms with Gasteiger partial charge in [-0.15, -0.1) is 0 Å². The number of thiocarbonyl (C=S) groups is 1. The van der Waals surface area contributed by atoms with Gasteiger partial charge in [0.15, 0.2) is 5.11 Å². The van der Waals surface area contributed by atoms with Crippen molar-refractivity contribution < 1.29 is 4.79 Å². The zero-order chi connectivity index (χ0) is 17.3. The van der Waals surface area contributed by atoms with Gasteiger partial charge in [-0.3, -0.25) is 20.3 Å². The monoisotopic (exact) mass is 343 g/mol. The van der Waals surface area contributed by atoms with E-state index in [4.69, 9.17) is 12.2 Å². The number of amides is 1. The van der Waals surface area contributed by atoms with Crippen molar-refractivity contribution in [2.45, 2.75) is 26.2 Å². The van der Waals surface area contributed by atoms with Crippen molar-refractivity contribution in [1.29, 1.82) is 0 Å². The molecule has 2 aromatic rings. The molecule has 0 bridgehead atoms. The Kier molecular flexibility index (Phi) is 4.53. The third-order valence-corrected chi connectivity index (χ3v) is 4.40. The highest BCUT2D eigenvalue weighted by Crippen LogP contribution is 2.47. The van der Waals surface area contributed by atoms with Crippen LogP contribution in [0.1, 0.15) is 29.2 Å². The first-order valence-corrected chi connectivity index (χ1v) is 8.28. The Morgan fingerprint density at radius 1 is 1.25 bits per heavy atom. The third kappa shape index (κ3) is 3.73. The minimum absolute atomic E-state index is 0.00290. The molecular weight excluding hydrogens is 322 g/mol. The molecule has 126 valence electrons. The lowest BCUT2D eigenvalue weighted by Crippen LogP contribution is -2.44. The maximum absolute atomic E-state index is 12.2. The zero-order valence-electron chi connectivity index (χ0n) is 14.0. The fourth-order valence-corrected chi connectivity index (χ4v) is 2.91. The summed E-state index contributed by atoms with van der Waals surface area (Å²) in [6.45, 7) is 3.95. The Morgan fingerprint density at radius 3 is 2.58 bits per heavy atom. The number of aromatic nitrogens is 2. The second-order valence-corrected chi connectivity index (χ2v) is 6.64. The predicted octanol–water partition coefficient (Wildman–Crippen LogP) is 2.16. The van der Waals surface area contributed by atoms with E-state index >= 15 is 0 Å². The Labute approximate surface area is 146 Å². The van der Waals surface area contributed by atoms with E-state index in [0.29, 0.717) is 11.0 Å². The van der Waals surface area contributed by atoms with Crippen molar-refractivity contribution in [1.82, 2.24) is 20.6 Å². The Bertz CT molecular complexity index is 768. The molecule has 0 radical (unpaired) electrons. The molecule has 2 atom stereocenters. The van der Waals surface area contributed by atoms with Gasteiger partial charge < -0.3 is 5.32 Å². The maximum Gasteiger partial charge on any atom is 0.242 e. The number of anilines is 1. The number of hydrazine groups is 1. The van der Waals surface area contributed by atoms with Gasteiger partial charge in [0.1, 0.15) is 0 Å². The number of nitrogens with one attached hydrogen (secondary N) is 3. The van der Waals surface area contributed by atoms with Gasteiger partial charge in [-0.2, -0.15) is 5.10 Å². The Morgan fingerprint density at radius 2 is 1.96 bits per heavy atom. The Hall–Kier alpha value is -2.41. The zero-order valence-corrected chi connectivity index (χ0v) is 14.8. The van der Waals surface area contributed by atoms with E-state index in [9.17, 15) is 4.79 Å².